The zero-order chi connectivity index (χ0) is 14.7. The Bertz CT molecular complexity index is 545. The van der Waals surface area contributed by atoms with Crippen molar-refractivity contribution in [1.29, 1.82) is 0 Å². The lowest BCUT2D eigenvalue weighted by Crippen LogP contribution is -2.49. The third kappa shape index (κ3) is 4.43. The molecule has 0 aromatic heterocycles. The van der Waals surface area contributed by atoms with E-state index in [-0.39, 0.29) is 11.4 Å². The van der Waals surface area contributed by atoms with Crippen LogP contribution < -0.4 is 10.5 Å². The van der Waals surface area contributed by atoms with Gasteiger partial charge in [0, 0.05) is 16.6 Å². The van der Waals surface area contributed by atoms with Gasteiger partial charge in [-0.2, -0.15) is 0 Å². The van der Waals surface area contributed by atoms with Gasteiger partial charge in [0.25, 0.3) is 0 Å². The summed E-state index contributed by atoms with van der Waals surface area (Å²) in [5.41, 5.74) is 5.56. The predicted molar refractivity (Wildman–Crippen MR) is 81.8 cm³/mol. The van der Waals surface area contributed by atoms with Crippen LogP contribution in [0.15, 0.2) is 27.6 Å². The largest absolute Gasteiger partial charge is 0.324 e. The van der Waals surface area contributed by atoms with Crippen molar-refractivity contribution >= 4 is 37.6 Å². The van der Waals surface area contributed by atoms with Crippen LogP contribution in [0.25, 0.3) is 0 Å². The topological polar surface area (TPSA) is 72.2 Å². The summed E-state index contributed by atoms with van der Waals surface area (Å²) >= 11 is 9.05. The Kier molecular flexibility index (Phi) is 5.82. The molecule has 108 valence electrons. The standard InChI is InChI=1S/C12H18BrClN2O2S/c1-3-12(15,4-2)8-16-19(17,18)9-5-6-11(14)10(13)7-9/h5-7,16H,3-4,8,15H2,1-2H3. The number of rotatable bonds is 6. The lowest BCUT2D eigenvalue weighted by Gasteiger charge is -2.26. The zero-order valence-corrected chi connectivity index (χ0v) is 14.1. The SMILES string of the molecule is CCC(N)(CC)CNS(=O)(=O)c1ccc(Cl)c(Br)c1. The van der Waals surface area contributed by atoms with E-state index in [2.05, 4.69) is 20.7 Å². The van der Waals surface area contributed by atoms with E-state index in [1.807, 2.05) is 13.8 Å². The van der Waals surface area contributed by atoms with Gasteiger partial charge in [-0.3, -0.25) is 0 Å². The van der Waals surface area contributed by atoms with Gasteiger partial charge in [-0.25, -0.2) is 13.1 Å². The number of hydrogen-bond donors (Lipinski definition) is 2. The molecule has 0 fully saturated rings. The number of hydrogen-bond acceptors (Lipinski definition) is 3. The number of benzene rings is 1. The second-order valence-corrected chi connectivity index (χ2v) is 7.50. The van der Waals surface area contributed by atoms with E-state index in [0.717, 1.165) is 0 Å². The number of sulfonamides is 1. The average molecular weight is 370 g/mol. The molecular formula is C12H18BrClN2O2S. The molecule has 7 heteroatoms. The van der Waals surface area contributed by atoms with E-state index in [9.17, 15) is 8.42 Å². The molecule has 0 aliphatic rings. The minimum Gasteiger partial charge on any atom is -0.324 e. The fraction of sp³-hybridized carbons (Fsp3) is 0.500. The molecule has 4 nitrogen and oxygen atoms in total. The maximum absolute atomic E-state index is 12.1. The van der Waals surface area contributed by atoms with E-state index >= 15 is 0 Å². The van der Waals surface area contributed by atoms with E-state index in [1.54, 1.807) is 0 Å². The average Bonchev–Trinajstić information content (AvgIpc) is 2.39. The molecule has 0 bridgehead atoms. The first kappa shape index (κ1) is 16.9. The monoisotopic (exact) mass is 368 g/mol. The van der Waals surface area contributed by atoms with Crippen LogP contribution in [0.4, 0.5) is 0 Å². The van der Waals surface area contributed by atoms with Crippen LogP contribution in [-0.2, 0) is 10.0 Å². The van der Waals surface area contributed by atoms with Crippen molar-refractivity contribution in [2.24, 2.45) is 5.73 Å². The van der Waals surface area contributed by atoms with Crippen LogP contribution in [0.5, 0.6) is 0 Å². The maximum atomic E-state index is 12.1. The summed E-state index contributed by atoms with van der Waals surface area (Å²) in [7, 11) is -3.57. The second kappa shape index (κ2) is 6.54. The van der Waals surface area contributed by atoms with E-state index < -0.39 is 15.6 Å². The van der Waals surface area contributed by atoms with Crippen molar-refractivity contribution < 1.29 is 8.42 Å². The molecule has 3 N–H and O–H groups in total. The highest BCUT2D eigenvalue weighted by Gasteiger charge is 2.24. The van der Waals surface area contributed by atoms with E-state index in [1.165, 1.54) is 18.2 Å². The van der Waals surface area contributed by atoms with Crippen LogP contribution in [0.3, 0.4) is 0 Å². The summed E-state index contributed by atoms with van der Waals surface area (Å²) in [6, 6.07) is 4.47. The summed E-state index contributed by atoms with van der Waals surface area (Å²) in [4.78, 5) is 0.165. The Morgan fingerprint density at radius 2 is 1.95 bits per heavy atom. The van der Waals surface area contributed by atoms with Gasteiger partial charge < -0.3 is 5.73 Å². The van der Waals surface area contributed by atoms with E-state index in [4.69, 9.17) is 17.3 Å². The highest BCUT2D eigenvalue weighted by atomic mass is 79.9. The Hall–Kier alpha value is -0.140. The number of nitrogens with one attached hydrogen (secondary N) is 1. The molecule has 1 rings (SSSR count). The molecule has 1 aromatic rings. The van der Waals surface area contributed by atoms with Crippen molar-refractivity contribution in [3.63, 3.8) is 0 Å². The Labute approximate surface area is 127 Å². The first-order valence-electron chi connectivity index (χ1n) is 5.97. The molecule has 0 aliphatic heterocycles. The number of halogens is 2. The van der Waals surface area contributed by atoms with Gasteiger partial charge in [0.2, 0.25) is 10.0 Å². The lowest BCUT2D eigenvalue weighted by molar-refractivity contribution is 0.392. The molecule has 0 saturated heterocycles. The minimum atomic E-state index is -3.57. The Morgan fingerprint density at radius 1 is 1.37 bits per heavy atom. The molecule has 19 heavy (non-hydrogen) atoms. The molecule has 0 unspecified atom stereocenters. The highest BCUT2D eigenvalue weighted by molar-refractivity contribution is 9.10. The van der Waals surface area contributed by atoms with Gasteiger partial charge in [-0.05, 0) is 47.0 Å². The lowest BCUT2D eigenvalue weighted by atomic mass is 9.95. The van der Waals surface area contributed by atoms with Gasteiger partial charge in [0.1, 0.15) is 0 Å². The van der Waals surface area contributed by atoms with Crippen molar-refractivity contribution in [2.45, 2.75) is 37.1 Å². The van der Waals surface area contributed by atoms with Gasteiger partial charge in [0.15, 0.2) is 0 Å². The van der Waals surface area contributed by atoms with Gasteiger partial charge in [-0.1, -0.05) is 25.4 Å². The predicted octanol–water partition coefficient (Wildman–Crippen LogP) is 2.90. The summed E-state index contributed by atoms with van der Waals surface area (Å²) in [5.74, 6) is 0. The first-order chi connectivity index (χ1) is 8.74. The minimum absolute atomic E-state index is 0.165. The molecule has 1 aromatic carbocycles. The summed E-state index contributed by atoms with van der Waals surface area (Å²) in [6.07, 6.45) is 1.41. The zero-order valence-electron chi connectivity index (χ0n) is 10.9. The molecule has 0 aliphatic carbocycles. The highest BCUT2D eigenvalue weighted by Crippen LogP contribution is 2.25. The van der Waals surface area contributed by atoms with Crippen LogP contribution >= 0.6 is 27.5 Å². The third-order valence-electron chi connectivity index (χ3n) is 3.22. The van der Waals surface area contributed by atoms with Crippen molar-refractivity contribution in [3.8, 4) is 0 Å². The quantitative estimate of drug-likeness (QED) is 0.810. The van der Waals surface area contributed by atoms with Gasteiger partial charge >= 0.3 is 0 Å². The van der Waals surface area contributed by atoms with E-state index in [0.29, 0.717) is 22.3 Å². The van der Waals surface area contributed by atoms with Gasteiger partial charge in [0.05, 0.1) is 9.92 Å². The smallest absolute Gasteiger partial charge is 0.240 e. The molecule has 0 radical (unpaired) electrons. The molecule has 0 amide bonds. The third-order valence-corrected chi connectivity index (χ3v) is 5.84. The van der Waals surface area contributed by atoms with Crippen LogP contribution in [0.2, 0.25) is 5.02 Å². The Morgan fingerprint density at radius 3 is 2.42 bits per heavy atom. The summed E-state index contributed by atoms with van der Waals surface area (Å²) in [5, 5.41) is 0.467. The molecule has 0 atom stereocenters. The fourth-order valence-corrected chi connectivity index (χ4v) is 3.28. The van der Waals surface area contributed by atoms with Crippen LogP contribution in [-0.4, -0.2) is 20.5 Å². The van der Waals surface area contributed by atoms with Crippen LogP contribution in [0.1, 0.15) is 26.7 Å². The number of nitrogens with two attached hydrogens (primary N) is 1. The second-order valence-electron chi connectivity index (χ2n) is 4.47. The van der Waals surface area contributed by atoms with Crippen molar-refractivity contribution in [2.75, 3.05) is 6.54 Å². The van der Waals surface area contributed by atoms with Crippen molar-refractivity contribution in [3.05, 3.63) is 27.7 Å². The molecular weight excluding hydrogens is 352 g/mol. The fourth-order valence-electron chi connectivity index (χ4n) is 1.47. The maximum Gasteiger partial charge on any atom is 0.240 e. The van der Waals surface area contributed by atoms with Crippen molar-refractivity contribution in [1.82, 2.24) is 4.72 Å². The van der Waals surface area contributed by atoms with Crippen LogP contribution in [0, 0.1) is 0 Å². The van der Waals surface area contributed by atoms with Gasteiger partial charge in [-0.15, -0.1) is 0 Å². The Balaban J connectivity index is 2.90. The molecule has 0 heterocycles. The normalized spacial score (nSPS) is 12.7. The first-order valence-corrected chi connectivity index (χ1v) is 8.63. The molecule has 0 saturated carbocycles. The summed E-state index contributed by atoms with van der Waals surface area (Å²) in [6.45, 7) is 4.09. The summed E-state index contributed by atoms with van der Waals surface area (Å²) < 4.78 is 27.4. The molecule has 0 spiro atoms.